The third kappa shape index (κ3) is 4.48. The Hall–Kier alpha value is -0.870. The van der Waals surface area contributed by atoms with Crippen LogP contribution in [0.15, 0.2) is 18.3 Å². The van der Waals surface area contributed by atoms with E-state index in [1.54, 1.807) is 6.07 Å². The molecule has 0 aliphatic carbocycles. The fourth-order valence-corrected chi connectivity index (χ4v) is 1.85. The maximum absolute atomic E-state index is 12.6. The van der Waals surface area contributed by atoms with Crippen molar-refractivity contribution in [1.82, 2.24) is 10.3 Å². The summed E-state index contributed by atoms with van der Waals surface area (Å²) in [7, 11) is 0. The number of piperidine rings is 1. The summed E-state index contributed by atoms with van der Waals surface area (Å²) in [4.78, 5) is 3.86. The standard InChI is InChI=1S/C12H17FN2O.ClH/c1-9-2-3-10(6-14-9)8-16-12-5-4-11(13)7-15-12;/h4-5,7,9-10,14H,2-3,6,8H2,1H3;1H/t9-,10-;/m1./s1. The molecule has 3 nitrogen and oxygen atoms in total. The molecule has 0 amide bonds. The Kier molecular flexibility index (Phi) is 5.65. The van der Waals surface area contributed by atoms with E-state index >= 15 is 0 Å². The van der Waals surface area contributed by atoms with Crippen LogP contribution in [0.4, 0.5) is 4.39 Å². The van der Waals surface area contributed by atoms with Gasteiger partial charge in [-0.25, -0.2) is 9.37 Å². The van der Waals surface area contributed by atoms with Gasteiger partial charge in [-0.2, -0.15) is 0 Å². The SMILES string of the molecule is C[C@@H]1CC[C@@H](COc2ccc(F)cn2)CN1.Cl. The molecule has 1 aromatic heterocycles. The molecule has 17 heavy (non-hydrogen) atoms. The number of hydrogen-bond acceptors (Lipinski definition) is 3. The van der Waals surface area contributed by atoms with Crippen molar-refractivity contribution in [2.24, 2.45) is 5.92 Å². The molecule has 0 spiro atoms. The summed E-state index contributed by atoms with van der Waals surface area (Å²) in [5.41, 5.74) is 0. The van der Waals surface area contributed by atoms with Crippen LogP contribution in [0.1, 0.15) is 19.8 Å². The number of pyridine rings is 1. The van der Waals surface area contributed by atoms with Gasteiger partial charge in [-0.15, -0.1) is 12.4 Å². The van der Waals surface area contributed by atoms with Gasteiger partial charge in [0.2, 0.25) is 5.88 Å². The molecule has 2 heterocycles. The van der Waals surface area contributed by atoms with Crippen molar-refractivity contribution in [3.8, 4) is 5.88 Å². The summed E-state index contributed by atoms with van der Waals surface area (Å²) in [5, 5.41) is 3.42. The molecule has 96 valence electrons. The molecule has 0 saturated carbocycles. The predicted molar refractivity (Wildman–Crippen MR) is 67.1 cm³/mol. The number of halogens is 2. The molecule has 0 unspecified atom stereocenters. The molecule has 1 fully saturated rings. The molecule has 1 aromatic rings. The van der Waals surface area contributed by atoms with Crippen molar-refractivity contribution in [3.05, 3.63) is 24.1 Å². The van der Waals surface area contributed by atoms with E-state index in [0.29, 0.717) is 24.4 Å². The second kappa shape index (κ2) is 6.77. The van der Waals surface area contributed by atoms with E-state index in [1.807, 2.05) is 0 Å². The van der Waals surface area contributed by atoms with Gasteiger partial charge < -0.3 is 10.1 Å². The average molecular weight is 261 g/mol. The van der Waals surface area contributed by atoms with Crippen molar-refractivity contribution >= 4 is 12.4 Å². The molecule has 2 atom stereocenters. The summed E-state index contributed by atoms with van der Waals surface area (Å²) >= 11 is 0. The van der Waals surface area contributed by atoms with E-state index in [1.165, 1.54) is 25.1 Å². The maximum atomic E-state index is 12.6. The third-order valence-corrected chi connectivity index (χ3v) is 2.93. The molecule has 5 heteroatoms. The van der Waals surface area contributed by atoms with Gasteiger partial charge in [-0.05, 0) is 25.8 Å². The smallest absolute Gasteiger partial charge is 0.213 e. The first kappa shape index (κ1) is 14.2. The Morgan fingerprint density at radius 2 is 2.29 bits per heavy atom. The highest BCUT2D eigenvalue weighted by molar-refractivity contribution is 5.85. The van der Waals surface area contributed by atoms with Gasteiger partial charge in [0.15, 0.2) is 0 Å². The molecule has 1 aliphatic rings. The lowest BCUT2D eigenvalue weighted by molar-refractivity contribution is 0.198. The Bertz CT molecular complexity index is 326. The fraction of sp³-hybridized carbons (Fsp3) is 0.583. The summed E-state index contributed by atoms with van der Waals surface area (Å²) in [6.45, 7) is 3.83. The molecular formula is C12H18ClFN2O. The number of nitrogens with zero attached hydrogens (tertiary/aromatic N) is 1. The molecule has 0 bridgehead atoms. The largest absolute Gasteiger partial charge is 0.477 e. The number of nitrogens with one attached hydrogen (secondary N) is 1. The second-order valence-electron chi connectivity index (χ2n) is 4.38. The zero-order valence-electron chi connectivity index (χ0n) is 9.86. The van der Waals surface area contributed by atoms with Crippen LogP contribution in [-0.2, 0) is 0 Å². The lowest BCUT2D eigenvalue weighted by Crippen LogP contribution is -2.39. The van der Waals surface area contributed by atoms with Gasteiger partial charge in [-0.3, -0.25) is 0 Å². The lowest BCUT2D eigenvalue weighted by Gasteiger charge is -2.27. The van der Waals surface area contributed by atoms with Gasteiger partial charge in [0, 0.05) is 24.6 Å². The highest BCUT2D eigenvalue weighted by Crippen LogP contribution is 2.15. The van der Waals surface area contributed by atoms with E-state index in [4.69, 9.17) is 4.74 Å². The van der Waals surface area contributed by atoms with Crippen LogP contribution in [0.3, 0.4) is 0 Å². The Morgan fingerprint density at radius 3 is 2.88 bits per heavy atom. The summed E-state index contributed by atoms with van der Waals surface area (Å²) in [5.74, 6) is 0.698. The van der Waals surface area contributed by atoms with Crippen molar-refractivity contribution in [2.75, 3.05) is 13.2 Å². The van der Waals surface area contributed by atoms with E-state index < -0.39 is 0 Å². The van der Waals surface area contributed by atoms with E-state index in [-0.39, 0.29) is 18.2 Å². The Morgan fingerprint density at radius 1 is 1.47 bits per heavy atom. The molecule has 1 N–H and O–H groups in total. The first-order chi connectivity index (χ1) is 7.74. The van der Waals surface area contributed by atoms with Gasteiger partial charge >= 0.3 is 0 Å². The minimum absolute atomic E-state index is 0. The molecule has 0 aromatic carbocycles. The number of hydrogen-bond donors (Lipinski definition) is 1. The maximum Gasteiger partial charge on any atom is 0.213 e. The molecule has 1 saturated heterocycles. The Balaban J connectivity index is 0.00000144. The first-order valence-electron chi connectivity index (χ1n) is 5.72. The van der Waals surface area contributed by atoms with Gasteiger partial charge in [0.25, 0.3) is 0 Å². The summed E-state index contributed by atoms with van der Waals surface area (Å²) < 4.78 is 18.1. The van der Waals surface area contributed by atoms with Crippen LogP contribution in [0, 0.1) is 11.7 Å². The van der Waals surface area contributed by atoms with Crippen LogP contribution in [0.2, 0.25) is 0 Å². The van der Waals surface area contributed by atoms with E-state index in [0.717, 1.165) is 6.54 Å². The van der Waals surface area contributed by atoms with Gasteiger partial charge in [-0.1, -0.05) is 0 Å². The zero-order chi connectivity index (χ0) is 11.4. The van der Waals surface area contributed by atoms with Crippen molar-refractivity contribution in [2.45, 2.75) is 25.8 Å². The van der Waals surface area contributed by atoms with E-state index in [2.05, 4.69) is 17.2 Å². The second-order valence-corrected chi connectivity index (χ2v) is 4.38. The summed E-state index contributed by atoms with van der Waals surface area (Å²) in [6, 6.07) is 3.54. The Labute approximate surface area is 107 Å². The number of aromatic nitrogens is 1. The van der Waals surface area contributed by atoms with Crippen LogP contribution in [-0.4, -0.2) is 24.2 Å². The normalized spacial score (nSPS) is 23.9. The molecule has 0 radical (unpaired) electrons. The van der Waals surface area contributed by atoms with Crippen LogP contribution in [0.5, 0.6) is 5.88 Å². The van der Waals surface area contributed by atoms with Crippen molar-refractivity contribution in [1.29, 1.82) is 0 Å². The van der Waals surface area contributed by atoms with Crippen molar-refractivity contribution in [3.63, 3.8) is 0 Å². The highest BCUT2D eigenvalue weighted by Gasteiger charge is 2.17. The molecule has 1 aliphatic heterocycles. The van der Waals surface area contributed by atoms with Crippen LogP contribution < -0.4 is 10.1 Å². The van der Waals surface area contributed by atoms with Crippen LogP contribution >= 0.6 is 12.4 Å². The van der Waals surface area contributed by atoms with Gasteiger partial charge in [0.05, 0.1) is 12.8 Å². The molecular weight excluding hydrogens is 243 g/mol. The topological polar surface area (TPSA) is 34.1 Å². The quantitative estimate of drug-likeness (QED) is 0.906. The number of rotatable bonds is 3. The fourth-order valence-electron chi connectivity index (χ4n) is 1.85. The minimum atomic E-state index is -0.333. The minimum Gasteiger partial charge on any atom is -0.477 e. The first-order valence-corrected chi connectivity index (χ1v) is 5.72. The lowest BCUT2D eigenvalue weighted by atomic mass is 9.96. The van der Waals surface area contributed by atoms with Gasteiger partial charge in [0.1, 0.15) is 5.82 Å². The molecule has 2 rings (SSSR count). The zero-order valence-corrected chi connectivity index (χ0v) is 10.7. The third-order valence-electron chi connectivity index (χ3n) is 2.93. The van der Waals surface area contributed by atoms with Crippen molar-refractivity contribution < 1.29 is 9.13 Å². The predicted octanol–water partition coefficient (Wildman–Crippen LogP) is 2.41. The summed E-state index contributed by atoms with van der Waals surface area (Å²) in [6.07, 6.45) is 3.54. The average Bonchev–Trinajstić information content (AvgIpc) is 2.30. The monoisotopic (exact) mass is 260 g/mol. The van der Waals surface area contributed by atoms with Crippen LogP contribution in [0.25, 0.3) is 0 Å². The highest BCUT2D eigenvalue weighted by atomic mass is 35.5. The number of ether oxygens (including phenoxy) is 1. The van der Waals surface area contributed by atoms with E-state index in [9.17, 15) is 4.39 Å².